The van der Waals surface area contributed by atoms with Gasteiger partial charge in [-0.3, -0.25) is 9.36 Å². The molecule has 2 aromatic carbocycles. The summed E-state index contributed by atoms with van der Waals surface area (Å²) in [5, 5.41) is 0.633. The quantitative estimate of drug-likeness (QED) is 0.433. The SMILES string of the molecule is O=c1c2cc(I)ccc2[nH]c(=S)n1-c1ccc(Br)cc1. The molecule has 0 spiro atoms. The summed E-state index contributed by atoms with van der Waals surface area (Å²) in [4.78, 5) is 15.8. The van der Waals surface area contributed by atoms with Crippen LogP contribution in [-0.4, -0.2) is 9.55 Å². The summed E-state index contributed by atoms with van der Waals surface area (Å²) in [6, 6.07) is 13.2. The van der Waals surface area contributed by atoms with Gasteiger partial charge in [-0.2, -0.15) is 0 Å². The maximum atomic E-state index is 12.6. The number of halogens is 2. The Morgan fingerprint density at radius 2 is 1.85 bits per heavy atom. The fourth-order valence-electron chi connectivity index (χ4n) is 2.01. The van der Waals surface area contributed by atoms with E-state index < -0.39 is 0 Å². The number of rotatable bonds is 1. The minimum Gasteiger partial charge on any atom is -0.331 e. The van der Waals surface area contributed by atoms with Crippen molar-refractivity contribution in [2.45, 2.75) is 0 Å². The van der Waals surface area contributed by atoms with E-state index in [2.05, 4.69) is 43.5 Å². The minimum absolute atomic E-state index is 0.107. The van der Waals surface area contributed by atoms with Crippen LogP contribution in [0.2, 0.25) is 0 Å². The van der Waals surface area contributed by atoms with Crippen LogP contribution >= 0.6 is 50.7 Å². The second kappa shape index (κ2) is 5.42. The van der Waals surface area contributed by atoms with Gasteiger partial charge in [-0.1, -0.05) is 15.9 Å². The number of nitrogens with one attached hydrogen (secondary N) is 1. The summed E-state index contributed by atoms with van der Waals surface area (Å²) in [7, 11) is 0. The molecule has 20 heavy (non-hydrogen) atoms. The lowest BCUT2D eigenvalue weighted by Crippen LogP contribution is -2.20. The third kappa shape index (κ3) is 2.47. The summed E-state index contributed by atoms with van der Waals surface area (Å²) in [6.07, 6.45) is 0. The van der Waals surface area contributed by atoms with Crippen LogP contribution < -0.4 is 5.56 Å². The van der Waals surface area contributed by atoms with Crippen molar-refractivity contribution in [3.8, 4) is 5.69 Å². The molecule has 0 saturated carbocycles. The molecule has 100 valence electrons. The molecule has 0 fully saturated rings. The first-order valence-corrected chi connectivity index (χ1v) is 8.05. The van der Waals surface area contributed by atoms with E-state index >= 15 is 0 Å². The Morgan fingerprint density at radius 3 is 2.55 bits per heavy atom. The highest BCUT2D eigenvalue weighted by Crippen LogP contribution is 2.16. The first kappa shape index (κ1) is 14.0. The van der Waals surface area contributed by atoms with Crippen molar-refractivity contribution in [2.24, 2.45) is 0 Å². The number of aromatic nitrogens is 2. The fourth-order valence-corrected chi connectivity index (χ4v) is 3.06. The highest BCUT2D eigenvalue weighted by molar-refractivity contribution is 14.1. The second-order valence-corrected chi connectivity index (χ2v) is 6.79. The third-order valence-electron chi connectivity index (χ3n) is 2.94. The Labute approximate surface area is 141 Å². The molecule has 0 radical (unpaired) electrons. The van der Waals surface area contributed by atoms with E-state index in [1.165, 1.54) is 4.57 Å². The Balaban J connectivity index is 2.39. The average molecular weight is 459 g/mol. The van der Waals surface area contributed by atoms with E-state index in [0.29, 0.717) is 10.2 Å². The Bertz CT molecular complexity index is 915. The lowest BCUT2D eigenvalue weighted by Gasteiger charge is -2.08. The number of H-pyrrole nitrogens is 1. The first-order valence-electron chi connectivity index (χ1n) is 5.77. The largest absolute Gasteiger partial charge is 0.331 e. The molecule has 0 atom stereocenters. The molecule has 6 heteroatoms. The van der Waals surface area contributed by atoms with E-state index in [1.807, 2.05) is 42.5 Å². The van der Waals surface area contributed by atoms with Crippen molar-refractivity contribution in [2.75, 3.05) is 0 Å². The summed E-state index contributed by atoms with van der Waals surface area (Å²) >= 11 is 10.9. The van der Waals surface area contributed by atoms with E-state index in [1.54, 1.807) is 0 Å². The molecule has 0 unspecified atom stereocenters. The molecule has 0 bridgehead atoms. The monoisotopic (exact) mass is 458 g/mol. The lowest BCUT2D eigenvalue weighted by molar-refractivity contribution is 0.939. The van der Waals surface area contributed by atoms with Gasteiger partial charge in [0.1, 0.15) is 0 Å². The van der Waals surface area contributed by atoms with Gasteiger partial charge in [-0.15, -0.1) is 0 Å². The fraction of sp³-hybridized carbons (Fsp3) is 0. The first-order chi connectivity index (χ1) is 9.56. The van der Waals surface area contributed by atoms with Crippen LogP contribution in [0.5, 0.6) is 0 Å². The van der Waals surface area contributed by atoms with Gasteiger partial charge in [0.05, 0.1) is 16.6 Å². The van der Waals surface area contributed by atoms with Gasteiger partial charge < -0.3 is 4.98 Å². The molecule has 0 saturated heterocycles. The summed E-state index contributed by atoms with van der Waals surface area (Å²) in [5.41, 5.74) is 1.40. The number of aromatic amines is 1. The van der Waals surface area contributed by atoms with E-state index in [-0.39, 0.29) is 5.56 Å². The van der Waals surface area contributed by atoms with Crippen molar-refractivity contribution in [3.63, 3.8) is 0 Å². The molecule has 3 rings (SSSR count). The Kier molecular flexibility index (Phi) is 3.78. The predicted molar refractivity (Wildman–Crippen MR) is 95.1 cm³/mol. The van der Waals surface area contributed by atoms with Gasteiger partial charge in [0.25, 0.3) is 5.56 Å². The van der Waals surface area contributed by atoms with Gasteiger partial charge in [0.2, 0.25) is 0 Å². The van der Waals surface area contributed by atoms with Crippen molar-refractivity contribution in [1.82, 2.24) is 9.55 Å². The van der Waals surface area contributed by atoms with Crippen molar-refractivity contribution >= 4 is 61.6 Å². The van der Waals surface area contributed by atoms with Crippen LogP contribution in [0.1, 0.15) is 0 Å². The second-order valence-electron chi connectivity index (χ2n) is 4.24. The normalized spacial score (nSPS) is 10.9. The zero-order valence-corrected chi connectivity index (χ0v) is 14.6. The molecule has 3 aromatic rings. The maximum Gasteiger partial charge on any atom is 0.266 e. The number of benzene rings is 2. The van der Waals surface area contributed by atoms with Gasteiger partial charge in [0.15, 0.2) is 4.77 Å². The minimum atomic E-state index is -0.107. The molecular weight excluding hydrogens is 451 g/mol. The van der Waals surface area contributed by atoms with Crippen LogP contribution in [0.4, 0.5) is 0 Å². The molecule has 1 N–H and O–H groups in total. The van der Waals surface area contributed by atoms with Crippen molar-refractivity contribution in [3.05, 3.63) is 65.6 Å². The van der Waals surface area contributed by atoms with Gasteiger partial charge in [0, 0.05) is 8.04 Å². The van der Waals surface area contributed by atoms with E-state index in [9.17, 15) is 4.79 Å². The zero-order valence-electron chi connectivity index (χ0n) is 10.1. The summed E-state index contributed by atoms with van der Waals surface area (Å²) < 4.78 is 3.88. The highest BCUT2D eigenvalue weighted by atomic mass is 127. The van der Waals surface area contributed by atoms with E-state index in [0.717, 1.165) is 19.2 Å². The zero-order chi connectivity index (χ0) is 14.3. The highest BCUT2D eigenvalue weighted by Gasteiger charge is 2.07. The number of nitrogens with zero attached hydrogens (tertiary/aromatic N) is 1. The van der Waals surface area contributed by atoms with Crippen molar-refractivity contribution in [1.29, 1.82) is 0 Å². The molecule has 0 aliphatic heterocycles. The van der Waals surface area contributed by atoms with Crippen LogP contribution in [0, 0.1) is 8.34 Å². The molecular formula is C14H8BrIN2OS. The van der Waals surface area contributed by atoms with E-state index in [4.69, 9.17) is 12.2 Å². The Hall–Kier alpha value is -0.990. The van der Waals surface area contributed by atoms with Crippen LogP contribution in [0.15, 0.2) is 51.7 Å². The van der Waals surface area contributed by atoms with Crippen LogP contribution in [0.25, 0.3) is 16.6 Å². The third-order valence-corrected chi connectivity index (χ3v) is 4.43. The molecule has 1 heterocycles. The maximum absolute atomic E-state index is 12.6. The average Bonchev–Trinajstić information content (AvgIpc) is 2.42. The smallest absolute Gasteiger partial charge is 0.266 e. The lowest BCUT2D eigenvalue weighted by atomic mass is 10.2. The summed E-state index contributed by atoms with van der Waals surface area (Å²) in [5.74, 6) is 0. The molecule has 0 aliphatic rings. The topological polar surface area (TPSA) is 37.8 Å². The number of hydrogen-bond acceptors (Lipinski definition) is 2. The predicted octanol–water partition coefficient (Wildman–Crippen LogP) is 4.42. The van der Waals surface area contributed by atoms with Gasteiger partial charge in [-0.25, -0.2) is 0 Å². The molecule has 0 amide bonds. The van der Waals surface area contributed by atoms with Crippen LogP contribution in [-0.2, 0) is 0 Å². The van der Waals surface area contributed by atoms with Gasteiger partial charge in [-0.05, 0) is 77.3 Å². The summed E-state index contributed by atoms with van der Waals surface area (Å²) in [6.45, 7) is 0. The van der Waals surface area contributed by atoms with Crippen LogP contribution in [0.3, 0.4) is 0 Å². The molecule has 0 aliphatic carbocycles. The van der Waals surface area contributed by atoms with Gasteiger partial charge >= 0.3 is 0 Å². The number of hydrogen-bond donors (Lipinski definition) is 1. The van der Waals surface area contributed by atoms with Crippen molar-refractivity contribution < 1.29 is 0 Å². The molecule has 1 aromatic heterocycles. The standard InChI is InChI=1S/C14H8BrIN2OS/c15-8-1-4-10(5-2-8)18-13(19)11-7-9(16)3-6-12(11)17-14(18)20/h1-7H,(H,17,20). The Morgan fingerprint density at radius 1 is 1.15 bits per heavy atom. The number of fused-ring (bicyclic) bond motifs is 1. The molecule has 3 nitrogen and oxygen atoms in total.